The molecule has 1 fully saturated rings. The van der Waals surface area contributed by atoms with Gasteiger partial charge in [-0.25, -0.2) is 9.97 Å². The maximum Gasteiger partial charge on any atom is 0.305 e. The number of hydrogen-bond acceptors (Lipinski definition) is 4. The van der Waals surface area contributed by atoms with Gasteiger partial charge in [-0.15, -0.1) is 0 Å². The summed E-state index contributed by atoms with van der Waals surface area (Å²) in [5.74, 6) is 1.30. The summed E-state index contributed by atoms with van der Waals surface area (Å²) in [6.07, 6.45) is 4.14. The van der Waals surface area contributed by atoms with E-state index >= 15 is 0 Å². The number of aliphatic carboxylic acids is 1. The first-order valence-corrected chi connectivity index (χ1v) is 5.04. The standard InChI is InChI=1S/C10H13N3O2/c14-9(15)4-6-11-8-3-5-12-10(13-8)7-1-2-7/h3,5,7H,1-2,4,6H2,(H,14,15)(H,11,12,13). The lowest BCUT2D eigenvalue weighted by molar-refractivity contribution is -0.136. The highest BCUT2D eigenvalue weighted by atomic mass is 16.4. The minimum absolute atomic E-state index is 0.1000. The summed E-state index contributed by atoms with van der Waals surface area (Å²) in [5.41, 5.74) is 0. The molecule has 0 saturated heterocycles. The number of hydrogen-bond donors (Lipinski definition) is 2. The number of carboxylic acids is 1. The van der Waals surface area contributed by atoms with E-state index < -0.39 is 5.97 Å². The fraction of sp³-hybridized carbons (Fsp3) is 0.500. The van der Waals surface area contributed by atoms with Crippen molar-refractivity contribution in [3.63, 3.8) is 0 Å². The Morgan fingerprint density at radius 2 is 2.40 bits per heavy atom. The van der Waals surface area contributed by atoms with E-state index in [-0.39, 0.29) is 6.42 Å². The second-order valence-corrected chi connectivity index (χ2v) is 3.64. The normalized spacial score (nSPS) is 14.9. The smallest absolute Gasteiger partial charge is 0.305 e. The molecule has 0 amide bonds. The van der Waals surface area contributed by atoms with Gasteiger partial charge in [0.25, 0.3) is 0 Å². The molecule has 5 nitrogen and oxygen atoms in total. The summed E-state index contributed by atoms with van der Waals surface area (Å²) in [7, 11) is 0. The largest absolute Gasteiger partial charge is 0.481 e. The molecule has 0 bridgehead atoms. The fourth-order valence-electron chi connectivity index (χ4n) is 1.31. The van der Waals surface area contributed by atoms with Crippen molar-refractivity contribution in [3.8, 4) is 0 Å². The van der Waals surface area contributed by atoms with Gasteiger partial charge in [0.1, 0.15) is 11.6 Å². The third-order valence-corrected chi connectivity index (χ3v) is 2.26. The van der Waals surface area contributed by atoms with E-state index in [2.05, 4.69) is 15.3 Å². The van der Waals surface area contributed by atoms with Gasteiger partial charge in [0.15, 0.2) is 0 Å². The van der Waals surface area contributed by atoms with E-state index in [0.29, 0.717) is 18.3 Å². The van der Waals surface area contributed by atoms with E-state index in [4.69, 9.17) is 5.11 Å². The molecule has 0 radical (unpaired) electrons. The predicted molar refractivity (Wildman–Crippen MR) is 54.7 cm³/mol. The molecule has 1 aliphatic carbocycles. The third-order valence-electron chi connectivity index (χ3n) is 2.26. The minimum Gasteiger partial charge on any atom is -0.481 e. The van der Waals surface area contributed by atoms with Crippen molar-refractivity contribution < 1.29 is 9.90 Å². The lowest BCUT2D eigenvalue weighted by Gasteiger charge is -2.04. The zero-order chi connectivity index (χ0) is 10.7. The van der Waals surface area contributed by atoms with Gasteiger partial charge < -0.3 is 10.4 Å². The Morgan fingerprint density at radius 3 is 3.07 bits per heavy atom. The molecular formula is C10H13N3O2. The van der Waals surface area contributed by atoms with Crippen molar-refractivity contribution in [2.45, 2.75) is 25.2 Å². The van der Waals surface area contributed by atoms with Crippen LogP contribution in [-0.4, -0.2) is 27.6 Å². The Morgan fingerprint density at radius 1 is 1.60 bits per heavy atom. The molecule has 1 aromatic rings. The highest BCUT2D eigenvalue weighted by Crippen LogP contribution is 2.37. The monoisotopic (exact) mass is 207 g/mol. The van der Waals surface area contributed by atoms with E-state index in [9.17, 15) is 4.79 Å². The molecule has 0 atom stereocenters. The molecule has 2 rings (SSSR count). The van der Waals surface area contributed by atoms with E-state index in [1.54, 1.807) is 12.3 Å². The molecule has 2 N–H and O–H groups in total. The maximum atomic E-state index is 10.3. The molecule has 0 aliphatic heterocycles. The number of anilines is 1. The summed E-state index contributed by atoms with van der Waals surface area (Å²) in [6, 6.07) is 1.76. The summed E-state index contributed by atoms with van der Waals surface area (Å²) < 4.78 is 0. The van der Waals surface area contributed by atoms with E-state index in [0.717, 1.165) is 5.82 Å². The predicted octanol–water partition coefficient (Wildman–Crippen LogP) is 1.24. The third kappa shape index (κ3) is 2.90. The Bertz CT molecular complexity index is 363. The highest BCUT2D eigenvalue weighted by molar-refractivity contribution is 5.67. The number of carbonyl (C=O) groups is 1. The van der Waals surface area contributed by atoms with Crippen molar-refractivity contribution in [2.75, 3.05) is 11.9 Å². The van der Waals surface area contributed by atoms with Crippen LogP contribution in [0.25, 0.3) is 0 Å². The lowest BCUT2D eigenvalue weighted by atomic mass is 10.4. The van der Waals surface area contributed by atoms with E-state index in [1.807, 2.05) is 0 Å². The first-order chi connectivity index (χ1) is 7.25. The SMILES string of the molecule is O=C(O)CCNc1ccnc(C2CC2)n1. The molecule has 0 aromatic carbocycles. The molecule has 0 unspecified atom stereocenters. The Labute approximate surface area is 87.6 Å². The van der Waals surface area contributed by atoms with Gasteiger partial charge >= 0.3 is 5.97 Å². The number of nitrogens with zero attached hydrogens (tertiary/aromatic N) is 2. The van der Waals surface area contributed by atoms with Gasteiger partial charge in [0.05, 0.1) is 6.42 Å². The Kier molecular flexibility index (Phi) is 2.80. The van der Waals surface area contributed by atoms with Gasteiger partial charge in [-0.1, -0.05) is 0 Å². The summed E-state index contributed by atoms with van der Waals surface area (Å²) in [5, 5.41) is 11.4. The highest BCUT2D eigenvalue weighted by Gasteiger charge is 2.26. The Hall–Kier alpha value is -1.65. The first kappa shape index (κ1) is 9.89. The zero-order valence-corrected chi connectivity index (χ0v) is 8.31. The maximum absolute atomic E-state index is 10.3. The average Bonchev–Trinajstić information content (AvgIpc) is 3.01. The molecule has 0 spiro atoms. The quantitative estimate of drug-likeness (QED) is 0.759. The number of rotatable bonds is 5. The summed E-state index contributed by atoms with van der Waals surface area (Å²) in [6.45, 7) is 0.399. The summed E-state index contributed by atoms with van der Waals surface area (Å²) >= 11 is 0. The van der Waals surface area contributed by atoms with Crippen LogP contribution in [0.5, 0.6) is 0 Å². The van der Waals surface area contributed by atoms with Crippen LogP contribution in [0.3, 0.4) is 0 Å². The topological polar surface area (TPSA) is 75.1 Å². The molecule has 1 aliphatic rings. The van der Waals surface area contributed by atoms with Gasteiger partial charge in [0, 0.05) is 18.7 Å². The van der Waals surface area contributed by atoms with Crippen molar-refractivity contribution in [2.24, 2.45) is 0 Å². The van der Waals surface area contributed by atoms with Gasteiger partial charge in [-0.3, -0.25) is 4.79 Å². The second-order valence-electron chi connectivity index (χ2n) is 3.64. The molecule has 1 heterocycles. The van der Waals surface area contributed by atoms with Crippen molar-refractivity contribution in [1.82, 2.24) is 9.97 Å². The van der Waals surface area contributed by atoms with Gasteiger partial charge in [-0.2, -0.15) is 0 Å². The number of aromatic nitrogens is 2. The average molecular weight is 207 g/mol. The van der Waals surface area contributed by atoms with Crippen LogP contribution in [-0.2, 0) is 4.79 Å². The molecule has 5 heteroatoms. The van der Waals surface area contributed by atoms with Crippen LogP contribution < -0.4 is 5.32 Å². The number of carboxylic acid groups (broad SMARTS) is 1. The zero-order valence-electron chi connectivity index (χ0n) is 8.31. The fourth-order valence-corrected chi connectivity index (χ4v) is 1.31. The van der Waals surface area contributed by atoms with Crippen LogP contribution in [0, 0.1) is 0 Å². The molecule has 1 aromatic heterocycles. The van der Waals surface area contributed by atoms with Crippen LogP contribution in [0.4, 0.5) is 5.82 Å². The first-order valence-electron chi connectivity index (χ1n) is 5.04. The Balaban J connectivity index is 1.90. The van der Waals surface area contributed by atoms with Crippen LogP contribution in [0.1, 0.15) is 31.0 Å². The number of nitrogens with one attached hydrogen (secondary N) is 1. The lowest BCUT2D eigenvalue weighted by Crippen LogP contribution is -2.09. The second kappa shape index (κ2) is 4.25. The van der Waals surface area contributed by atoms with Crippen molar-refractivity contribution in [3.05, 3.63) is 18.1 Å². The van der Waals surface area contributed by atoms with Crippen LogP contribution in [0.2, 0.25) is 0 Å². The van der Waals surface area contributed by atoms with Crippen molar-refractivity contribution in [1.29, 1.82) is 0 Å². The van der Waals surface area contributed by atoms with Crippen LogP contribution >= 0.6 is 0 Å². The van der Waals surface area contributed by atoms with Crippen molar-refractivity contribution >= 4 is 11.8 Å². The minimum atomic E-state index is -0.807. The molecule has 80 valence electrons. The van der Waals surface area contributed by atoms with Crippen LogP contribution in [0.15, 0.2) is 12.3 Å². The molecule has 15 heavy (non-hydrogen) atoms. The van der Waals surface area contributed by atoms with Gasteiger partial charge in [-0.05, 0) is 18.9 Å². The molecule has 1 saturated carbocycles. The molecular weight excluding hydrogens is 194 g/mol. The summed E-state index contributed by atoms with van der Waals surface area (Å²) in [4.78, 5) is 18.8. The van der Waals surface area contributed by atoms with Gasteiger partial charge in [0.2, 0.25) is 0 Å². The van der Waals surface area contributed by atoms with E-state index in [1.165, 1.54) is 12.8 Å².